The number of hydrogen-bond donors (Lipinski definition) is 2. The first-order valence-electron chi connectivity index (χ1n) is 24.4. The molecule has 0 saturated heterocycles. The van der Waals surface area contributed by atoms with Gasteiger partial charge in [0.1, 0.15) is 44.3 Å². The SMILES string of the molecule is O=C(N[C@@H](Cc1ccc(OP(=O)(OCc2ccccc2)OCc2ccccc2)cc1)C(=O)N[C@@H](Cc1ccc(OCc2ccccc2)c(OCc2ccccc2)c1)C(=O)OCc1ccccc1)OCc1ccccc1. The first-order chi connectivity index (χ1) is 36.7. The van der Waals surface area contributed by atoms with Crippen molar-refractivity contribution in [2.75, 3.05) is 0 Å². The minimum atomic E-state index is -4.20. The van der Waals surface area contributed by atoms with Gasteiger partial charge in [0, 0.05) is 12.8 Å². The van der Waals surface area contributed by atoms with Crippen LogP contribution in [0.25, 0.3) is 0 Å². The van der Waals surface area contributed by atoms with Crippen molar-refractivity contribution in [1.82, 2.24) is 10.6 Å². The van der Waals surface area contributed by atoms with Gasteiger partial charge in [0.05, 0.1) is 13.2 Å². The van der Waals surface area contributed by atoms with E-state index in [9.17, 15) is 18.9 Å². The molecule has 0 radical (unpaired) electrons. The molecule has 382 valence electrons. The fraction of sp³-hybridized carbons (Fsp3) is 0.164. The molecule has 14 heteroatoms. The van der Waals surface area contributed by atoms with Crippen LogP contribution in [0.3, 0.4) is 0 Å². The molecule has 8 aromatic carbocycles. The van der Waals surface area contributed by atoms with Gasteiger partial charge < -0.3 is 34.1 Å². The molecule has 2 atom stereocenters. The van der Waals surface area contributed by atoms with Crippen molar-refractivity contribution >= 4 is 25.8 Å². The molecular formula is C61H57N2O11P. The number of phosphoric ester groups is 1. The average molecular weight is 1030 g/mol. The van der Waals surface area contributed by atoms with Crippen LogP contribution in [-0.4, -0.2) is 30.1 Å². The Labute approximate surface area is 437 Å². The molecule has 8 aromatic rings. The smallest absolute Gasteiger partial charge is 0.485 e. The number of ether oxygens (including phenoxy) is 4. The molecule has 0 spiro atoms. The molecule has 75 heavy (non-hydrogen) atoms. The van der Waals surface area contributed by atoms with Crippen LogP contribution in [0.15, 0.2) is 224 Å². The summed E-state index contributed by atoms with van der Waals surface area (Å²) in [5.41, 5.74) is 6.15. The highest BCUT2D eigenvalue weighted by molar-refractivity contribution is 7.48. The molecule has 8 rings (SSSR count). The van der Waals surface area contributed by atoms with E-state index < -0.39 is 37.9 Å². The van der Waals surface area contributed by atoms with E-state index in [4.69, 9.17) is 32.5 Å². The zero-order valence-electron chi connectivity index (χ0n) is 41.1. The first-order valence-corrected chi connectivity index (χ1v) is 25.9. The second-order valence-electron chi connectivity index (χ2n) is 17.4. The van der Waals surface area contributed by atoms with Crippen molar-refractivity contribution in [2.45, 2.75) is 64.6 Å². The van der Waals surface area contributed by atoms with Crippen molar-refractivity contribution < 1.29 is 51.5 Å². The molecule has 2 N–H and O–H groups in total. The minimum Gasteiger partial charge on any atom is -0.485 e. The van der Waals surface area contributed by atoms with Crippen LogP contribution in [0.2, 0.25) is 0 Å². The van der Waals surface area contributed by atoms with Crippen molar-refractivity contribution in [2.24, 2.45) is 0 Å². The third kappa shape index (κ3) is 17.3. The number of amides is 2. The lowest BCUT2D eigenvalue weighted by atomic mass is 10.0. The second kappa shape index (κ2) is 27.5. The summed E-state index contributed by atoms with van der Waals surface area (Å²) in [6, 6.07) is 65.5. The Hall–Kier alpha value is -8.48. The van der Waals surface area contributed by atoms with E-state index in [1.165, 1.54) is 0 Å². The lowest BCUT2D eigenvalue weighted by Gasteiger charge is -2.23. The van der Waals surface area contributed by atoms with Crippen LogP contribution in [0, 0.1) is 0 Å². The van der Waals surface area contributed by atoms with Crippen LogP contribution < -0.4 is 24.6 Å². The molecule has 2 amide bonds. The van der Waals surface area contributed by atoms with Crippen molar-refractivity contribution in [1.29, 1.82) is 0 Å². The van der Waals surface area contributed by atoms with E-state index in [0.29, 0.717) is 22.6 Å². The van der Waals surface area contributed by atoms with Crippen LogP contribution >= 0.6 is 7.82 Å². The summed E-state index contributed by atoms with van der Waals surface area (Å²) < 4.78 is 55.8. The fourth-order valence-electron chi connectivity index (χ4n) is 7.63. The minimum absolute atomic E-state index is 0.0179. The molecule has 0 heterocycles. The number of carbonyl (C=O) groups is 3. The Kier molecular flexibility index (Phi) is 19.4. The van der Waals surface area contributed by atoms with Gasteiger partial charge in [0.2, 0.25) is 5.91 Å². The quantitative estimate of drug-likeness (QED) is 0.0393. The molecule has 0 unspecified atom stereocenters. The highest BCUT2D eigenvalue weighted by Gasteiger charge is 2.31. The molecule has 0 saturated carbocycles. The number of benzene rings is 8. The molecule has 13 nitrogen and oxygen atoms in total. The van der Waals surface area contributed by atoms with Crippen LogP contribution in [0.5, 0.6) is 17.2 Å². The summed E-state index contributed by atoms with van der Waals surface area (Å²) in [4.78, 5) is 42.3. The summed E-state index contributed by atoms with van der Waals surface area (Å²) >= 11 is 0. The normalized spacial score (nSPS) is 11.8. The Morgan fingerprint density at radius 3 is 1.27 bits per heavy atom. The monoisotopic (exact) mass is 1020 g/mol. The van der Waals surface area contributed by atoms with Crippen molar-refractivity contribution in [3.05, 3.63) is 269 Å². The van der Waals surface area contributed by atoms with Gasteiger partial charge in [-0.15, -0.1) is 0 Å². The number of nitrogens with one attached hydrogen (secondary N) is 2. The first kappa shape index (κ1) is 52.8. The van der Waals surface area contributed by atoms with Crippen molar-refractivity contribution in [3.8, 4) is 17.2 Å². The number of esters is 1. The van der Waals surface area contributed by atoms with Crippen LogP contribution in [-0.2, 0) is 85.2 Å². The Bertz CT molecular complexity index is 3020. The standard InChI is InChI=1S/C61H57N2O11P/c64-59(62-56(60(65)70-42-49-23-11-3-12-24-49)38-53-33-36-57(68-40-47-19-7-1-8-20-47)58(39-53)69-41-48-21-9-2-10-22-48)55(63-61(66)71-43-50-25-13-4-14-26-50)37-46-31-34-54(35-32-46)74-75(67,72-44-51-27-15-5-16-28-51)73-45-52-29-17-6-18-30-52/h1-36,39,55-56H,37-38,40-45H2,(H,62,64)(H,63,66)/t55-,56-/m0/s1. The van der Waals surface area contributed by atoms with Crippen LogP contribution in [0.1, 0.15) is 44.5 Å². The van der Waals surface area contributed by atoms with E-state index in [1.54, 1.807) is 42.5 Å². The maximum atomic E-state index is 14.6. The average Bonchev–Trinajstić information content (AvgIpc) is 3.46. The maximum Gasteiger partial charge on any atom is 0.530 e. The van der Waals surface area contributed by atoms with E-state index in [-0.39, 0.29) is 58.2 Å². The molecule has 0 fully saturated rings. The van der Waals surface area contributed by atoms with Gasteiger partial charge in [0.15, 0.2) is 11.5 Å². The third-order valence-electron chi connectivity index (χ3n) is 11.6. The largest absolute Gasteiger partial charge is 0.530 e. The zero-order valence-corrected chi connectivity index (χ0v) is 42.0. The van der Waals surface area contributed by atoms with E-state index in [2.05, 4.69) is 10.6 Å². The van der Waals surface area contributed by atoms with Gasteiger partial charge in [-0.25, -0.2) is 14.2 Å². The fourth-order valence-corrected chi connectivity index (χ4v) is 8.80. The molecule has 0 aliphatic heterocycles. The van der Waals surface area contributed by atoms with E-state index in [1.807, 2.05) is 182 Å². The molecule has 0 bridgehead atoms. The predicted molar refractivity (Wildman–Crippen MR) is 284 cm³/mol. The van der Waals surface area contributed by atoms with Gasteiger partial charge >= 0.3 is 19.9 Å². The van der Waals surface area contributed by atoms with Gasteiger partial charge in [-0.3, -0.25) is 13.8 Å². The molecule has 0 aromatic heterocycles. The van der Waals surface area contributed by atoms with Gasteiger partial charge in [0.25, 0.3) is 0 Å². The Morgan fingerprint density at radius 2 is 0.787 bits per heavy atom. The number of phosphoric acid groups is 1. The zero-order chi connectivity index (χ0) is 51.9. The lowest BCUT2D eigenvalue weighted by Crippen LogP contribution is -2.53. The van der Waals surface area contributed by atoms with Crippen molar-refractivity contribution in [3.63, 3.8) is 0 Å². The van der Waals surface area contributed by atoms with Gasteiger partial charge in [-0.05, 0) is 68.8 Å². The van der Waals surface area contributed by atoms with E-state index >= 15 is 0 Å². The second-order valence-corrected chi connectivity index (χ2v) is 18.9. The molecular weight excluding hydrogens is 968 g/mol. The number of rotatable bonds is 26. The van der Waals surface area contributed by atoms with E-state index in [0.717, 1.165) is 33.4 Å². The number of carbonyl (C=O) groups excluding carboxylic acids is 3. The summed E-state index contributed by atoms with van der Waals surface area (Å²) in [7, 11) is -4.20. The topological polar surface area (TPSA) is 157 Å². The number of alkyl carbamates (subject to hydrolysis) is 1. The highest BCUT2D eigenvalue weighted by atomic mass is 31.2. The molecule has 0 aliphatic rings. The third-order valence-corrected chi connectivity index (χ3v) is 12.9. The Morgan fingerprint density at radius 1 is 0.387 bits per heavy atom. The highest BCUT2D eigenvalue weighted by Crippen LogP contribution is 2.51. The summed E-state index contributed by atoms with van der Waals surface area (Å²) in [6.45, 7) is 0.360. The molecule has 0 aliphatic carbocycles. The summed E-state index contributed by atoms with van der Waals surface area (Å²) in [5, 5.41) is 5.60. The maximum absolute atomic E-state index is 14.6. The van der Waals surface area contributed by atoms with Gasteiger partial charge in [-0.1, -0.05) is 200 Å². The Balaban J connectivity index is 1.03. The summed E-state index contributed by atoms with van der Waals surface area (Å²) in [5.74, 6) is -0.300. The number of hydrogen-bond acceptors (Lipinski definition) is 11. The predicted octanol–water partition coefficient (Wildman–Crippen LogP) is 12.1. The lowest BCUT2D eigenvalue weighted by molar-refractivity contribution is -0.149. The van der Waals surface area contributed by atoms with Crippen LogP contribution in [0.4, 0.5) is 4.79 Å². The summed E-state index contributed by atoms with van der Waals surface area (Å²) in [6.07, 6.45) is -0.938. The van der Waals surface area contributed by atoms with Gasteiger partial charge in [-0.2, -0.15) is 0 Å².